The van der Waals surface area contributed by atoms with Crippen molar-refractivity contribution >= 4 is 16.3 Å². The standard InChI is InChI=1S/C13H13FN4S/c1-13(2,3)11-15-16-12-18(11)17-10(19-12)8-5-4-6-9(14)7-8/h4-7H,1-3H3. The molecule has 0 aliphatic carbocycles. The fraction of sp³-hybridized carbons (Fsp3) is 0.308. The topological polar surface area (TPSA) is 43.1 Å². The predicted molar refractivity (Wildman–Crippen MR) is 72.8 cm³/mol. The van der Waals surface area contributed by atoms with E-state index in [1.54, 1.807) is 10.6 Å². The van der Waals surface area contributed by atoms with E-state index in [9.17, 15) is 4.39 Å². The fourth-order valence-corrected chi connectivity index (χ4v) is 2.66. The lowest BCUT2D eigenvalue weighted by Crippen LogP contribution is -2.16. The van der Waals surface area contributed by atoms with Crippen LogP contribution in [0.2, 0.25) is 0 Å². The molecule has 0 bridgehead atoms. The molecule has 98 valence electrons. The van der Waals surface area contributed by atoms with Crippen molar-refractivity contribution in [2.75, 3.05) is 0 Å². The molecule has 0 saturated heterocycles. The molecular weight excluding hydrogens is 263 g/mol. The van der Waals surface area contributed by atoms with Gasteiger partial charge in [0.25, 0.3) is 0 Å². The van der Waals surface area contributed by atoms with Gasteiger partial charge in [-0.1, -0.05) is 44.2 Å². The molecule has 0 N–H and O–H groups in total. The van der Waals surface area contributed by atoms with E-state index in [0.29, 0.717) is 0 Å². The Bertz CT molecular complexity index is 739. The van der Waals surface area contributed by atoms with Crippen LogP contribution < -0.4 is 0 Å². The maximum absolute atomic E-state index is 13.2. The predicted octanol–water partition coefficient (Wildman–Crippen LogP) is 3.29. The Morgan fingerprint density at radius 3 is 2.68 bits per heavy atom. The Labute approximate surface area is 113 Å². The summed E-state index contributed by atoms with van der Waals surface area (Å²) >= 11 is 1.41. The summed E-state index contributed by atoms with van der Waals surface area (Å²) in [5.74, 6) is 0.543. The third-order valence-corrected chi connectivity index (χ3v) is 3.68. The van der Waals surface area contributed by atoms with Gasteiger partial charge in [-0.3, -0.25) is 0 Å². The first kappa shape index (κ1) is 12.2. The van der Waals surface area contributed by atoms with Gasteiger partial charge < -0.3 is 0 Å². The molecule has 0 radical (unpaired) electrons. The molecule has 3 rings (SSSR count). The number of benzene rings is 1. The van der Waals surface area contributed by atoms with Crippen molar-refractivity contribution in [2.45, 2.75) is 26.2 Å². The third kappa shape index (κ3) is 2.12. The molecule has 1 aromatic carbocycles. The first-order chi connectivity index (χ1) is 8.95. The number of nitrogens with zero attached hydrogens (tertiary/aromatic N) is 4. The molecule has 6 heteroatoms. The summed E-state index contributed by atoms with van der Waals surface area (Å²) in [4.78, 5) is 0.726. The molecule has 0 saturated carbocycles. The third-order valence-electron chi connectivity index (χ3n) is 2.73. The molecule has 0 atom stereocenters. The van der Waals surface area contributed by atoms with Crippen LogP contribution >= 0.6 is 11.3 Å². The van der Waals surface area contributed by atoms with E-state index < -0.39 is 0 Å². The Balaban J connectivity index is 2.15. The van der Waals surface area contributed by atoms with Gasteiger partial charge in [-0.05, 0) is 12.1 Å². The highest BCUT2D eigenvalue weighted by molar-refractivity contribution is 7.19. The zero-order valence-electron chi connectivity index (χ0n) is 10.9. The molecule has 19 heavy (non-hydrogen) atoms. The normalized spacial score (nSPS) is 12.2. The van der Waals surface area contributed by atoms with E-state index in [-0.39, 0.29) is 11.2 Å². The highest BCUT2D eigenvalue weighted by atomic mass is 32.1. The van der Waals surface area contributed by atoms with Crippen LogP contribution in [0, 0.1) is 5.82 Å². The van der Waals surface area contributed by atoms with E-state index in [0.717, 1.165) is 21.4 Å². The molecular formula is C13H13FN4S. The van der Waals surface area contributed by atoms with Gasteiger partial charge >= 0.3 is 0 Å². The monoisotopic (exact) mass is 276 g/mol. The van der Waals surface area contributed by atoms with E-state index in [1.165, 1.54) is 23.5 Å². The minimum absolute atomic E-state index is 0.132. The minimum atomic E-state index is -0.264. The molecule has 0 amide bonds. The second kappa shape index (κ2) is 4.09. The molecule has 4 nitrogen and oxygen atoms in total. The van der Waals surface area contributed by atoms with Gasteiger partial charge in [-0.2, -0.15) is 9.61 Å². The number of aromatic nitrogens is 4. The van der Waals surface area contributed by atoms with Crippen molar-refractivity contribution in [3.05, 3.63) is 35.9 Å². The van der Waals surface area contributed by atoms with E-state index in [4.69, 9.17) is 0 Å². The van der Waals surface area contributed by atoms with Crippen LogP contribution in [0.25, 0.3) is 15.5 Å². The van der Waals surface area contributed by atoms with Crippen molar-refractivity contribution < 1.29 is 4.39 Å². The van der Waals surface area contributed by atoms with Gasteiger partial charge in [-0.15, -0.1) is 10.2 Å². The summed E-state index contributed by atoms with van der Waals surface area (Å²) in [7, 11) is 0. The van der Waals surface area contributed by atoms with Crippen LogP contribution in [0.3, 0.4) is 0 Å². The van der Waals surface area contributed by atoms with E-state index in [1.807, 2.05) is 6.07 Å². The maximum atomic E-state index is 13.2. The second-order valence-corrected chi connectivity index (χ2v) is 6.34. The molecule has 0 aliphatic rings. The summed E-state index contributed by atoms with van der Waals surface area (Å²) in [6, 6.07) is 6.41. The van der Waals surface area contributed by atoms with Crippen LogP contribution in [0.4, 0.5) is 4.39 Å². The lowest BCUT2D eigenvalue weighted by molar-refractivity contribution is 0.528. The van der Waals surface area contributed by atoms with Gasteiger partial charge in [0.15, 0.2) is 5.82 Å². The Hall–Kier alpha value is -1.82. The van der Waals surface area contributed by atoms with E-state index in [2.05, 4.69) is 36.1 Å². The van der Waals surface area contributed by atoms with Gasteiger partial charge in [0, 0.05) is 11.0 Å². The number of hydrogen-bond donors (Lipinski definition) is 0. The molecule has 3 aromatic rings. The van der Waals surface area contributed by atoms with Gasteiger partial charge in [-0.25, -0.2) is 4.39 Å². The summed E-state index contributed by atoms with van der Waals surface area (Å²) in [6.45, 7) is 6.18. The lowest BCUT2D eigenvalue weighted by Gasteiger charge is -2.13. The molecule has 2 aromatic heterocycles. The smallest absolute Gasteiger partial charge is 0.207 e. The minimum Gasteiger partial charge on any atom is -0.207 e. The van der Waals surface area contributed by atoms with Crippen LogP contribution in [0.5, 0.6) is 0 Å². The molecule has 0 unspecified atom stereocenters. The Morgan fingerprint density at radius 1 is 1.21 bits per heavy atom. The van der Waals surface area contributed by atoms with E-state index >= 15 is 0 Å². The molecule has 2 heterocycles. The van der Waals surface area contributed by atoms with Gasteiger partial charge in [0.2, 0.25) is 4.96 Å². The summed E-state index contributed by atoms with van der Waals surface area (Å²) in [5, 5.41) is 13.5. The average Bonchev–Trinajstić information content (AvgIpc) is 2.85. The SMILES string of the molecule is CC(C)(C)c1nnc2sc(-c3cccc(F)c3)nn12. The summed E-state index contributed by atoms with van der Waals surface area (Å²) in [5.41, 5.74) is 0.627. The van der Waals surface area contributed by atoms with Crippen LogP contribution in [-0.4, -0.2) is 19.8 Å². The van der Waals surface area contributed by atoms with Crippen LogP contribution in [0.1, 0.15) is 26.6 Å². The largest absolute Gasteiger partial charge is 0.235 e. The molecule has 0 spiro atoms. The number of hydrogen-bond acceptors (Lipinski definition) is 4. The zero-order chi connectivity index (χ0) is 13.6. The van der Waals surface area contributed by atoms with Gasteiger partial charge in [0.1, 0.15) is 10.8 Å². The van der Waals surface area contributed by atoms with Crippen molar-refractivity contribution in [2.24, 2.45) is 0 Å². The number of fused-ring (bicyclic) bond motifs is 1. The second-order valence-electron chi connectivity index (χ2n) is 5.39. The zero-order valence-corrected chi connectivity index (χ0v) is 11.7. The highest BCUT2D eigenvalue weighted by Gasteiger charge is 2.23. The summed E-state index contributed by atoms with van der Waals surface area (Å²) in [6.07, 6.45) is 0. The van der Waals surface area contributed by atoms with Crippen molar-refractivity contribution in [1.29, 1.82) is 0 Å². The van der Waals surface area contributed by atoms with Crippen molar-refractivity contribution in [1.82, 2.24) is 19.8 Å². The Kier molecular flexibility index (Phi) is 2.63. The lowest BCUT2D eigenvalue weighted by atomic mass is 9.96. The first-order valence-corrected chi connectivity index (χ1v) is 6.75. The average molecular weight is 276 g/mol. The first-order valence-electron chi connectivity index (χ1n) is 5.94. The molecule has 0 fully saturated rings. The number of rotatable bonds is 1. The number of halogens is 1. The van der Waals surface area contributed by atoms with Crippen LogP contribution in [-0.2, 0) is 5.41 Å². The highest BCUT2D eigenvalue weighted by Crippen LogP contribution is 2.28. The van der Waals surface area contributed by atoms with Crippen molar-refractivity contribution in [3.8, 4) is 10.6 Å². The molecule has 0 aliphatic heterocycles. The Morgan fingerprint density at radius 2 is 2.00 bits per heavy atom. The van der Waals surface area contributed by atoms with Gasteiger partial charge in [0.05, 0.1) is 0 Å². The van der Waals surface area contributed by atoms with Crippen molar-refractivity contribution in [3.63, 3.8) is 0 Å². The van der Waals surface area contributed by atoms with Crippen LogP contribution in [0.15, 0.2) is 24.3 Å². The summed E-state index contributed by atoms with van der Waals surface area (Å²) < 4.78 is 15.0. The maximum Gasteiger partial charge on any atom is 0.235 e. The quantitative estimate of drug-likeness (QED) is 0.685. The fourth-order valence-electron chi connectivity index (χ4n) is 1.82.